The molecule has 0 unspecified atom stereocenters. The van der Waals surface area contributed by atoms with Crippen molar-refractivity contribution < 1.29 is 9.50 Å². The van der Waals surface area contributed by atoms with Gasteiger partial charge in [-0.1, -0.05) is 36.4 Å². The fourth-order valence-corrected chi connectivity index (χ4v) is 2.16. The van der Waals surface area contributed by atoms with Crippen LogP contribution in [0.5, 0.6) is 5.75 Å². The quantitative estimate of drug-likeness (QED) is 0.756. The van der Waals surface area contributed by atoms with Crippen molar-refractivity contribution in [1.82, 2.24) is 4.98 Å². The molecule has 3 aromatic rings. The molecule has 19 heavy (non-hydrogen) atoms. The van der Waals surface area contributed by atoms with Crippen LogP contribution in [0.1, 0.15) is 11.1 Å². The summed E-state index contributed by atoms with van der Waals surface area (Å²) in [6, 6.07) is 14.0. The predicted molar refractivity (Wildman–Crippen MR) is 72.6 cm³/mol. The van der Waals surface area contributed by atoms with Crippen LogP contribution < -0.4 is 0 Å². The number of rotatable bonds is 2. The Morgan fingerprint density at radius 3 is 2.63 bits per heavy atom. The smallest absolute Gasteiger partial charge is 0.145 e. The van der Waals surface area contributed by atoms with Crippen molar-refractivity contribution in [3.8, 4) is 5.75 Å². The summed E-state index contributed by atoms with van der Waals surface area (Å²) in [5, 5.41) is 11.1. The molecule has 0 amide bonds. The summed E-state index contributed by atoms with van der Waals surface area (Å²) < 4.78 is 13.6. The zero-order valence-corrected chi connectivity index (χ0v) is 10.2. The lowest BCUT2D eigenvalue weighted by molar-refractivity contribution is 0.474. The lowest BCUT2D eigenvalue weighted by Gasteiger charge is -2.08. The summed E-state index contributed by atoms with van der Waals surface area (Å²) in [6.07, 6.45) is 1.99. The number of phenols is 1. The fourth-order valence-electron chi connectivity index (χ4n) is 2.16. The standard InChI is InChI=1S/C16H12FNO/c17-14-6-2-1-4-12(14)10-13-8-7-11-5-3-9-18-15(11)16(13)19/h1-9,19H,10H2. The highest BCUT2D eigenvalue weighted by molar-refractivity contribution is 5.85. The molecular formula is C16H12FNO. The molecule has 3 heteroatoms. The van der Waals surface area contributed by atoms with Gasteiger partial charge in [-0.05, 0) is 17.7 Å². The van der Waals surface area contributed by atoms with E-state index in [-0.39, 0.29) is 11.6 Å². The third kappa shape index (κ3) is 2.15. The molecule has 0 atom stereocenters. The average molecular weight is 253 g/mol. The molecule has 0 saturated carbocycles. The van der Waals surface area contributed by atoms with E-state index in [1.165, 1.54) is 6.07 Å². The fraction of sp³-hybridized carbons (Fsp3) is 0.0625. The number of phenolic OH excluding ortho intramolecular Hbond substituents is 1. The Morgan fingerprint density at radius 2 is 1.79 bits per heavy atom. The summed E-state index contributed by atoms with van der Waals surface area (Å²) >= 11 is 0. The van der Waals surface area contributed by atoms with Crippen molar-refractivity contribution in [2.24, 2.45) is 0 Å². The van der Waals surface area contributed by atoms with Gasteiger partial charge in [0.1, 0.15) is 17.1 Å². The van der Waals surface area contributed by atoms with Crippen molar-refractivity contribution in [1.29, 1.82) is 0 Å². The van der Waals surface area contributed by atoms with Gasteiger partial charge in [0.25, 0.3) is 0 Å². The van der Waals surface area contributed by atoms with Crippen LogP contribution in [-0.2, 0) is 6.42 Å². The second-order valence-corrected chi connectivity index (χ2v) is 4.42. The normalized spacial score (nSPS) is 10.8. The lowest BCUT2D eigenvalue weighted by Crippen LogP contribution is -1.93. The lowest BCUT2D eigenvalue weighted by atomic mass is 10.0. The number of halogens is 1. The van der Waals surface area contributed by atoms with E-state index < -0.39 is 0 Å². The number of aromatic hydroxyl groups is 1. The van der Waals surface area contributed by atoms with E-state index in [1.54, 1.807) is 24.4 Å². The molecule has 1 heterocycles. The van der Waals surface area contributed by atoms with Gasteiger partial charge in [0.05, 0.1) is 0 Å². The van der Waals surface area contributed by atoms with E-state index in [2.05, 4.69) is 4.98 Å². The van der Waals surface area contributed by atoms with Crippen molar-refractivity contribution in [2.45, 2.75) is 6.42 Å². The SMILES string of the molecule is Oc1c(Cc2ccccc2F)ccc2cccnc12. The number of hydrogen-bond donors (Lipinski definition) is 1. The van der Waals surface area contributed by atoms with Crippen LogP contribution >= 0.6 is 0 Å². The van der Waals surface area contributed by atoms with Crippen LogP contribution in [0, 0.1) is 5.82 Å². The summed E-state index contributed by atoms with van der Waals surface area (Å²) in [4.78, 5) is 4.16. The minimum atomic E-state index is -0.261. The highest BCUT2D eigenvalue weighted by atomic mass is 19.1. The zero-order chi connectivity index (χ0) is 13.2. The van der Waals surface area contributed by atoms with Gasteiger partial charge in [-0.2, -0.15) is 0 Å². The Balaban J connectivity index is 2.07. The molecule has 0 saturated heterocycles. The highest BCUT2D eigenvalue weighted by Gasteiger charge is 2.09. The summed E-state index contributed by atoms with van der Waals surface area (Å²) in [6.45, 7) is 0. The van der Waals surface area contributed by atoms with E-state index >= 15 is 0 Å². The van der Waals surface area contributed by atoms with E-state index in [0.29, 0.717) is 23.1 Å². The first kappa shape index (κ1) is 11.7. The van der Waals surface area contributed by atoms with Crippen LogP contribution in [0.25, 0.3) is 10.9 Å². The topological polar surface area (TPSA) is 33.1 Å². The first-order valence-electron chi connectivity index (χ1n) is 6.04. The molecule has 0 aliphatic heterocycles. The zero-order valence-electron chi connectivity index (χ0n) is 10.2. The molecule has 0 bridgehead atoms. The maximum atomic E-state index is 13.6. The number of aromatic nitrogens is 1. The van der Waals surface area contributed by atoms with E-state index in [0.717, 1.165) is 5.39 Å². The number of nitrogens with zero attached hydrogens (tertiary/aromatic N) is 1. The molecule has 2 aromatic carbocycles. The molecule has 2 nitrogen and oxygen atoms in total. The molecule has 0 spiro atoms. The average Bonchev–Trinajstić information content (AvgIpc) is 2.44. The number of fused-ring (bicyclic) bond motifs is 1. The largest absolute Gasteiger partial charge is 0.505 e. The Labute approximate surface area is 110 Å². The first-order chi connectivity index (χ1) is 9.25. The van der Waals surface area contributed by atoms with Gasteiger partial charge in [-0.3, -0.25) is 4.98 Å². The van der Waals surface area contributed by atoms with E-state index in [9.17, 15) is 9.50 Å². The molecular weight excluding hydrogens is 241 g/mol. The molecule has 0 aliphatic rings. The second kappa shape index (κ2) is 4.69. The molecule has 1 N–H and O–H groups in total. The summed E-state index contributed by atoms with van der Waals surface area (Å²) in [5.74, 6) is -0.135. The van der Waals surface area contributed by atoms with Crippen LogP contribution in [0.4, 0.5) is 4.39 Å². The van der Waals surface area contributed by atoms with Crippen molar-refractivity contribution in [3.63, 3.8) is 0 Å². The van der Waals surface area contributed by atoms with Crippen LogP contribution in [0.15, 0.2) is 54.7 Å². The number of pyridine rings is 1. The van der Waals surface area contributed by atoms with Gasteiger partial charge in [0.15, 0.2) is 0 Å². The van der Waals surface area contributed by atoms with Crippen LogP contribution in [-0.4, -0.2) is 10.1 Å². The maximum Gasteiger partial charge on any atom is 0.145 e. The third-order valence-corrected chi connectivity index (χ3v) is 3.17. The van der Waals surface area contributed by atoms with Crippen LogP contribution in [0.2, 0.25) is 0 Å². The summed E-state index contributed by atoms with van der Waals surface area (Å²) in [5.41, 5.74) is 1.79. The third-order valence-electron chi connectivity index (χ3n) is 3.17. The Bertz CT molecular complexity index is 740. The molecule has 3 rings (SSSR count). The maximum absolute atomic E-state index is 13.6. The molecule has 94 valence electrons. The van der Waals surface area contributed by atoms with Gasteiger partial charge in [0, 0.05) is 23.6 Å². The number of benzene rings is 2. The summed E-state index contributed by atoms with van der Waals surface area (Å²) in [7, 11) is 0. The Kier molecular flexibility index (Phi) is 2.88. The highest BCUT2D eigenvalue weighted by Crippen LogP contribution is 2.28. The van der Waals surface area contributed by atoms with E-state index in [4.69, 9.17) is 0 Å². The van der Waals surface area contributed by atoms with Crippen molar-refractivity contribution in [2.75, 3.05) is 0 Å². The number of hydrogen-bond acceptors (Lipinski definition) is 2. The minimum absolute atomic E-state index is 0.126. The van der Waals surface area contributed by atoms with Crippen molar-refractivity contribution >= 4 is 10.9 Å². The van der Waals surface area contributed by atoms with Gasteiger partial charge < -0.3 is 5.11 Å². The van der Waals surface area contributed by atoms with Gasteiger partial charge in [0.2, 0.25) is 0 Å². The Morgan fingerprint density at radius 1 is 0.947 bits per heavy atom. The molecule has 0 aliphatic carbocycles. The van der Waals surface area contributed by atoms with Gasteiger partial charge >= 0.3 is 0 Å². The monoisotopic (exact) mass is 253 g/mol. The molecule has 1 aromatic heterocycles. The Hall–Kier alpha value is -2.42. The minimum Gasteiger partial charge on any atom is -0.505 e. The van der Waals surface area contributed by atoms with Gasteiger partial charge in [-0.15, -0.1) is 0 Å². The van der Waals surface area contributed by atoms with E-state index in [1.807, 2.05) is 24.3 Å². The first-order valence-corrected chi connectivity index (χ1v) is 6.04. The van der Waals surface area contributed by atoms with Gasteiger partial charge in [-0.25, -0.2) is 4.39 Å². The van der Waals surface area contributed by atoms with Crippen molar-refractivity contribution in [3.05, 3.63) is 71.7 Å². The van der Waals surface area contributed by atoms with Crippen LogP contribution in [0.3, 0.4) is 0 Å². The second-order valence-electron chi connectivity index (χ2n) is 4.42. The molecule has 0 fully saturated rings. The molecule has 0 radical (unpaired) electrons. The predicted octanol–water partition coefficient (Wildman–Crippen LogP) is 3.67.